The Bertz CT molecular complexity index is 841. The summed E-state index contributed by atoms with van der Waals surface area (Å²) in [6.07, 6.45) is 1.44. The van der Waals surface area contributed by atoms with Crippen LogP contribution in [0.15, 0.2) is 0 Å². The summed E-state index contributed by atoms with van der Waals surface area (Å²) in [5, 5.41) is 0. The zero-order chi connectivity index (χ0) is 25.4. The fourth-order valence-electron chi connectivity index (χ4n) is 7.22. The average Bonchev–Trinajstić information content (AvgIpc) is 3.24. The van der Waals surface area contributed by atoms with Crippen molar-refractivity contribution in [1.82, 2.24) is 0 Å². The van der Waals surface area contributed by atoms with Crippen molar-refractivity contribution in [2.24, 2.45) is 17.3 Å². The summed E-state index contributed by atoms with van der Waals surface area (Å²) in [5.41, 5.74) is -1.95. The highest BCUT2D eigenvalue weighted by Gasteiger charge is 2.64. The molecule has 2 aliphatic heterocycles. The predicted molar refractivity (Wildman–Crippen MR) is 116 cm³/mol. The van der Waals surface area contributed by atoms with Gasteiger partial charge in [-0.3, -0.25) is 4.79 Å². The van der Waals surface area contributed by atoms with E-state index in [1.165, 1.54) is 0 Å². The van der Waals surface area contributed by atoms with Crippen LogP contribution in [0.25, 0.3) is 0 Å². The maximum absolute atomic E-state index is 13.9. The molecule has 6 aliphatic rings. The van der Waals surface area contributed by atoms with Crippen molar-refractivity contribution >= 4 is 11.9 Å². The Morgan fingerprint density at radius 3 is 1.86 bits per heavy atom. The van der Waals surface area contributed by atoms with E-state index in [9.17, 15) is 18.4 Å². The van der Waals surface area contributed by atoms with Crippen LogP contribution in [0, 0.1) is 17.3 Å². The van der Waals surface area contributed by atoms with Gasteiger partial charge in [-0.2, -0.15) is 8.78 Å². The molecule has 0 aromatic rings. The summed E-state index contributed by atoms with van der Waals surface area (Å²) in [4.78, 5) is 26.0. The van der Waals surface area contributed by atoms with E-state index in [0.29, 0.717) is 32.6 Å². The van der Waals surface area contributed by atoms with Crippen molar-refractivity contribution in [3.8, 4) is 0 Å². The normalized spacial score (nSPS) is 42.1. The second kappa shape index (κ2) is 8.07. The zero-order valence-electron chi connectivity index (χ0n) is 21.1. The first-order valence-corrected chi connectivity index (χ1v) is 12.6. The Balaban J connectivity index is 1.37. The SMILES string of the molecule is CC1(C)OCC(C(OC(=O)C23CC4CC(CC(OC(=O)C(C)(F)F)(C4)C2)C3)C2COC(C)(C)O2)O1. The first-order chi connectivity index (χ1) is 16.1. The molecule has 6 rings (SSSR count). The van der Waals surface area contributed by atoms with Gasteiger partial charge >= 0.3 is 17.9 Å². The Morgan fingerprint density at radius 1 is 0.914 bits per heavy atom. The van der Waals surface area contributed by atoms with E-state index in [4.69, 9.17) is 28.4 Å². The monoisotopic (exact) mass is 502 g/mol. The van der Waals surface area contributed by atoms with Crippen LogP contribution < -0.4 is 0 Å². The maximum atomic E-state index is 13.9. The molecule has 0 N–H and O–H groups in total. The Kier molecular flexibility index (Phi) is 5.83. The molecular formula is C25H36F2O8. The van der Waals surface area contributed by atoms with Gasteiger partial charge in [0.2, 0.25) is 0 Å². The van der Waals surface area contributed by atoms with Crippen LogP contribution in [-0.4, -0.2) is 66.6 Å². The van der Waals surface area contributed by atoms with E-state index in [0.717, 1.165) is 6.42 Å². The van der Waals surface area contributed by atoms with E-state index in [1.54, 1.807) is 27.7 Å². The van der Waals surface area contributed by atoms with E-state index in [1.807, 2.05) is 0 Å². The highest BCUT2D eigenvalue weighted by molar-refractivity contribution is 5.79. The number of hydrogen-bond donors (Lipinski definition) is 0. The number of carbonyl (C=O) groups excluding carboxylic acids is 2. The molecule has 0 spiro atoms. The molecule has 2 heterocycles. The molecule has 8 nitrogen and oxygen atoms in total. The molecule has 2 saturated heterocycles. The fourth-order valence-corrected chi connectivity index (χ4v) is 7.22. The summed E-state index contributed by atoms with van der Waals surface area (Å²) < 4.78 is 62.5. The summed E-state index contributed by atoms with van der Waals surface area (Å²) in [7, 11) is 0. The molecule has 10 heteroatoms. The van der Waals surface area contributed by atoms with Crippen molar-refractivity contribution < 1.29 is 46.8 Å². The molecule has 4 aliphatic carbocycles. The van der Waals surface area contributed by atoms with Crippen LogP contribution in [0.4, 0.5) is 8.78 Å². The summed E-state index contributed by atoms with van der Waals surface area (Å²) >= 11 is 0. The second-order valence-corrected chi connectivity index (χ2v) is 12.3. The van der Waals surface area contributed by atoms with Gasteiger partial charge in [0.05, 0.1) is 18.6 Å². The van der Waals surface area contributed by atoms with Gasteiger partial charge in [0, 0.05) is 13.3 Å². The van der Waals surface area contributed by atoms with Gasteiger partial charge < -0.3 is 28.4 Å². The van der Waals surface area contributed by atoms with Gasteiger partial charge in [0.1, 0.15) is 17.8 Å². The number of esters is 2. The number of alkyl halides is 2. The van der Waals surface area contributed by atoms with E-state index < -0.39 is 58.8 Å². The molecule has 4 atom stereocenters. The van der Waals surface area contributed by atoms with Crippen molar-refractivity contribution in [2.45, 2.75) is 115 Å². The van der Waals surface area contributed by atoms with Crippen molar-refractivity contribution in [2.75, 3.05) is 13.2 Å². The van der Waals surface area contributed by atoms with Crippen molar-refractivity contribution in [3.05, 3.63) is 0 Å². The van der Waals surface area contributed by atoms with Crippen LogP contribution in [0.2, 0.25) is 0 Å². The molecule has 0 aromatic carbocycles. The molecule has 0 amide bonds. The molecule has 0 radical (unpaired) electrons. The van der Waals surface area contributed by atoms with Crippen LogP contribution in [0.5, 0.6) is 0 Å². The molecule has 4 saturated carbocycles. The van der Waals surface area contributed by atoms with Crippen LogP contribution in [0.3, 0.4) is 0 Å². The first kappa shape index (κ1) is 25.3. The molecule has 4 bridgehead atoms. The molecule has 6 fully saturated rings. The summed E-state index contributed by atoms with van der Waals surface area (Å²) in [5.74, 6) is -6.93. The number of halogens is 2. The largest absolute Gasteiger partial charge is 0.456 e. The molecular weight excluding hydrogens is 466 g/mol. The number of ether oxygens (including phenoxy) is 6. The van der Waals surface area contributed by atoms with E-state index in [2.05, 4.69) is 0 Å². The van der Waals surface area contributed by atoms with Gasteiger partial charge in [0.25, 0.3) is 0 Å². The first-order valence-electron chi connectivity index (χ1n) is 12.6. The van der Waals surface area contributed by atoms with Crippen LogP contribution in [0.1, 0.15) is 73.1 Å². The minimum absolute atomic E-state index is 0.121. The smallest absolute Gasteiger partial charge is 0.377 e. The lowest BCUT2D eigenvalue weighted by molar-refractivity contribution is -0.232. The standard InChI is InChI=1S/C25H36F2O8/c1-21(2)30-11-16(33-21)18(17-12-31-22(3,4)34-17)32-20(29)24-7-14-6-15(8-24)10-25(9-14,13-24)35-19(28)23(5,26)27/h14-18H,6-13H2,1-5H3. The van der Waals surface area contributed by atoms with Gasteiger partial charge in [-0.15, -0.1) is 0 Å². The number of rotatable bonds is 6. The van der Waals surface area contributed by atoms with Crippen molar-refractivity contribution in [3.63, 3.8) is 0 Å². The lowest BCUT2D eigenvalue weighted by Crippen LogP contribution is -2.61. The highest BCUT2D eigenvalue weighted by atomic mass is 19.3. The Morgan fingerprint density at radius 2 is 1.43 bits per heavy atom. The third kappa shape index (κ3) is 4.83. The summed E-state index contributed by atoms with van der Waals surface area (Å²) in [6.45, 7) is 8.18. The maximum Gasteiger partial charge on any atom is 0.377 e. The minimum Gasteiger partial charge on any atom is -0.456 e. The van der Waals surface area contributed by atoms with Gasteiger partial charge in [0.15, 0.2) is 17.7 Å². The van der Waals surface area contributed by atoms with Gasteiger partial charge in [-0.1, -0.05) is 0 Å². The third-order valence-electron chi connectivity index (χ3n) is 8.14. The summed E-state index contributed by atoms with van der Waals surface area (Å²) in [6, 6.07) is 0. The lowest BCUT2D eigenvalue weighted by Gasteiger charge is -2.60. The molecule has 0 aromatic heterocycles. The number of carbonyl (C=O) groups is 2. The number of hydrogen-bond acceptors (Lipinski definition) is 8. The zero-order valence-corrected chi connectivity index (χ0v) is 21.1. The van der Waals surface area contributed by atoms with E-state index in [-0.39, 0.29) is 31.5 Å². The van der Waals surface area contributed by atoms with Crippen LogP contribution in [-0.2, 0) is 38.0 Å². The quantitative estimate of drug-likeness (QED) is 0.508. The Hall–Kier alpha value is -1.36. The molecule has 35 heavy (non-hydrogen) atoms. The topological polar surface area (TPSA) is 89.5 Å². The highest BCUT2D eigenvalue weighted by Crippen LogP contribution is 2.63. The van der Waals surface area contributed by atoms with Crippen molar-refractivity contribution in [1.29, 1.82) is 0 Å². The Labute approximate surface area is 204 Å². The van der Waals surface area contributed by atoms with E-state index >= 15 is 0 Å². The van der Waals surface area contributed by atoms with Crippen LogP contribution >= 0.6 is 0 Å². The lowest BCUT2D eigenvalue weighted by atomic mass is 9.48. The predicted octanol–water partition coefficient (Wildman–Crippen LogP) is 3.74. The average molecular weight is 503 g/mol. The third-order valence-corrected chi connectivity index (χ3v) is 8.14. The minimum atomic E-state index is -3.58. The molecule has 198 valence electrons. The fraction of sp³-hybridized carbons (Fsp3) is 0.920. The van der Waals surface area contributed by atoms with Gasteiger partial charge in [-0.05, 0) is 71.6 Å². The van der Waals surface area contributed by atoms with Gasteiger partial charge in [-0.25, -0.2) is 4.79 Å². The second-order valence-electron chi connectivity index (χ2n) is 12.3. The molecule has 4 unspecified atom stereocenters.